The fourth-order valence-corrected chi connectivity index (χ4v) is 3.15. The maximum absolute atomic E-state index is 13.0. The Morgan fingerprint density at radius 2 is 1.59 bits per heavy atom. The van der Waals surface area contributed by atoms with Crippen molar-refractivity contribution in [2.45, 2.75) is 12.3 Å². The van der Waals surface area contributed by atoms with E-state index in [1.807, 2.05) is 0 Å². The van der Waals surface area contributed by atoms with Gasteiger partial charge in [-0.05, 0) is 29.8 Å². The minimum absolute atomic E-state index is 0.106. The number of rotatable bonds is 8. The summed E-state index contributed by atoms with van der Waals surface area (Å²) in [5, 5.41) is 0. The zero-order valence-electron chi connectivity index (χ0n) is 16.6. The number of fused-ring (bicyclic) bond motifs is 1. The van der Waals surface area contributed by atoms with Crippen molar-refractivity contribution in [3.63, 3.8) is 0 Å². The van der Waals surface area contributed by atoms with Crippen molar-refractivity contribution in [1.29, 1.82) is 0 Å². The van der Waals surface area contributed by atoms with Gasteiger partial charge in [0.2, 0.25) is 12.5 Å². The van der Waals surface area contributed by atoms with Crippen LogP contribution < -0.4 is 23.7 Å². The molecule has 29 heavy (non-hydrogen) atoms. The highest BCUT2D eigenvalue weighted by Crippen LogP contribution is 2.40. The number of ether oxygens (including phenoxy) is 6. The van der Waals surface area contributed by atoms with Gasteiger partial charge in [-0.2, -0.15) is 0 Å². The third-order valence-corrected chi connectivity index (χ3v) is 4.66. The van der Waals surface area contributed by atoms with E-state index in [4.69, 9.17) is 28.4 Å². The Bertz CT molecular complexity index is 896. The van der Waals surface area contributed by atoms with Crippen LogP contribution in [0.5, 0.6) is 28.7 Å². The molecule has 0 radical (unpaired) electrons. The van der Waals surface area contributed by atoms with Gasteiger partial charge in [0.1, 0.15) is 0 Å². The van der Waals surface area contributed by atoms with Gasteiger partial charge in [-0.25, -0.2) is 0 Å². The molecule has 0 saturated heterocycles. The summed E-state index contributed by atoms with van der Waals surface area (Å²) in [6, 6.07) is 8.22. The molecule has 1 atom stereocenters. The smallest absolute Gasteiger partial charge is 0.313 e. The molecule has 2 aromatic rings. The first kappa shape index (κ1) is 20.3. The zero-order chi connectivity index (χ0) is 21.0. The molecule has 8 nitrogen and oxygen atoms in total. The van der Waals surface area contributed by atoms with Crippen molar-refractivity contribution >= 4 is 11.8 Å². The van der Waals surface area contributed by atoms with Gasteiger partial charge in [0.05, 0.1) is 34.4 Å². The molecule has 8 heteroatoms. The van der Waals surface area contributed by atoms with E-state index in [0.717, 1.165) is 0 Å². The van der Waals surface area contributed by atoms with Crippen molar-refractivity contribution in [3.05, 3.63) is 41.5 Å². The number of benzene rings is 2. The number of carbonyl (C=O) groups excluding carboxylic acids is 2. The summed E-state index contributed by atoms with van der Waals surface area (Å²) in [7, 11) is 5.70. The van der Waals surface area contributed by atoms with Crippen LogP contribution in [0.25, 0.3) is 0 Å². The first-order valence-corrected chi connectivity index (χ1v) is 8.83. The Morgan fingerprint density at radius 3 is 2.17 bits per heavy atom. The Labute approximate surface area is 168 Å². The van der Waals surface area contributed by atoms with E-state index >= 15 is 0 Å². The van der Waals surface area contributed by atoms with Gasteiger partial charge < -0.3 is 28.4 Å². The standard InChI is InChI=1S/C21H22O8/c1-24-18-8-13(9-19(25-2)20(18)26-3)15(22)10-14(21(23)27-4)12-5-6-16-17(7-12)29-11-28-16/h5-9,14H,10-11H2,1-4H3. The van der Waals surface area contributed by atoms with Gasteiger partial charge in [0.15, 0.2) is 28.8 Å². The van der Waals surface area contributed by atoms with Gasteiger partial charge in [0, 0.05) is 12.0 Å². The molecule has 1 aliphatic heterocycles. The summed E-state index contributed by atoms with van der Waals surface area (Å²) in [5.41, 5.74) is 0.927. The van der Waals surface area contributed by atoms with Gasteiger partial charge >= 0.3 is 5.97 Å². The van der Waals surface area contributed by atoms with E-state index in [2.05, 4.69) is 0 Å². The number of Topliss-reactive ketones (excluding diaryl/α,β-unsaturated/α-hetero) is 1. The molecule has 0 spiro atoms. The van der Waals surface area contributed by atoms with Crippen molar-refractivity contribution in [2.75, 3.05) is 35.2 Å². The molecule has 1 aliphatic rings. The van der Waals surface area contributed by atoms with Crippen molar-refractivity contribution in [1.82, 2.24) is 0 Å². The number of ketones is 1. The number of methoxy groups -OCH3 is 4. The van der Waals surface area contributed by atoms with Crippen LogP contribution in [0.1, 0.15) is 28.3 Å². The molecule has 0 fully saturated rings. The average Bonchev–Trinajstić information content (AvgIpc) is 3.23. The highest BCUT2D eigenvalue weighted by Gasteiger charge is 2.28. The molecule has 0 N–H and O–H groups in total. The number of hydrogen-bond acceptors (Lipinski definition) is 8. The van der Waals surface area contributed by atoms with Crippen LogP contribution >= 0.6 is 0 Å². The maximum Gasteiger partial charge on any atom is 0.313 e. The summed E-state index contributed by atoms with van der Waals surface area (Å²) in [6.45, 7) is 0.117. The normalized spacial score (nSPS) is 12.8. The molecule has 0 saturated carbocycles. The fraction of sp³-hybridized carbons (Fsp3) is 0.333. The van der Waals surface area contributed by atoms with Crippen LogP contribution in [0.15, 0.2) is 30.3 Å². The second-order valence-electron chi connectivity index (χ2n) is 6.23. The topological polar surface area (TPSA) is 89.5 Å². The largest absolute Gasteiger partial charge is 0.493 e. The summed E-state index contributed by atoms with van der Waals surface area (Å²) >= 11 is 0. The Morgan fingerprint density at radius 1 is 0.931 bits per heavy atom. The van der Waals surface area contributed by atoms with Gasteiger partial charge in [0.25, 0.3) is 0 Å². The molecule has 0 aliphatic carbocycles. The molecular formula is C21H22O8. The van der Waals surface area contributed by atoms with Gasteiger partial charge in [-0.15, -0.1) is 0 Å². The van der Waals surface area contributed by atoms with Gasteiger partial charge in [-0.3, -0.25) is 9.59 Å². The van der Waals surface area contributed by atoms with Crippen molar-refractivity contribution in [3.8, 4) is 28.7 Å². The maximum atomic E-state index is 13.0. The van der Waals surface area contributed by atoms with Crippen LogP contribution in [0.4, 0.5) is 0 Å². The third kappa shape index (κ3) is 4.06. The minimum Gasteiger partial charge on any atom is -0.493 e. The van der Waals surface area contributed by atoms with Crippen LogP contribution in [0, 0.1) is 0 Å². The first-order valence-electron chi connectivity index (χ1n) is 8.83. The number of hydrogen-bond donors (Lipinski definition) is 0. The SMILES string of the molecule is COC(=O)C(CC(=O)c1cc(OC)c(OC)c(OC)c1)c1ccc2c(c1)OCO2. The second-order valence-corrected chi connectivity index (χ2v) is 6.23. The molecule has 1 unspecified atom stereocenters. The summed E-state index contributed by atoms with van der Waals surface area (Å²) < 4.78 is 31.5. The van der Waals surface area contributed by atoms with E-state index in [1.54, 1.807) is 30.3 Å². The van der Waals surface area contributed by atoms with E-state index in [1.165, 1.54) is 28.4 Å². The average molecular weight is 402 g/mol. The summed E-state index contributed by atoms with van der Waals surface area (Å²) in [4.78, 5) is 25.4. The number of esters is 1. The minimum atomic E-state index is -0.805. The van der Waals surface area contributed by atoms with E-state index < -0.39 is 11.9 Å². The lowest BCUT2D eigenvalue weighted by Crippen LogP contribution is -2.18. The second kappa shape index (κ2) is 8.72. The van der Waals surface area contributed by atoms with Crippen LogP contribution in [-0.4, -0.2) is 47.0 Å². The molecule has 1 heterocycles. The summed E-state index contributed by atoms with van der Waals surface area (Å²) in [5.74, 6) is 0.598. The Balaban J connectivity index is 1.92. The molecule has 154 valence electrons. The zero-order valence-corrected chi connectivity index (χ0v) is 16.6. The van der Waals surface area contributed by atoms with E-state index in [0.29, 0.717) is 39.9 Å². The fourth-order valence-electron chi connectivity index (χ4n) is 3.15. The van der Waals surface area contributed by atoms with Crippen LogP contribution in [0.3, 0.4) is 0 Å². The Hall–Kier alpha value is -3.42. The molecule has 0 aromatic heterocycles. The molecule has 3 rings (SSSR count). The van der Waals surface area contributed by atoms with Crippen molar-refractivity contribution in [2.24, 2.45) is 0 Å². The van der Waals surface area contributed by atoms with Crippen molar-refractivity contribution < 1.29 is 38.0 Å². The first-order chi connectivity index (χ1) is 14.0. The summed E-state index contributed by atoms with van der Waals surface area (Å²) in [6.07, 6.45) is -0.106. The third-order valence-electron chi connectivity index (χ3n) is 4.66. The predicted octanol–water partition coefficient (Wildman–Crippen LogP) is 2.97. The molecule has 2 aromatic carbocycles. The van der Waals surface area contributed by atoms with Gasteiger partial charge in [-0.1, -0.05) is 6.07 Å². The molecular weight excluding hydrogens is 380 g/mol. The lowest BCUT2D eigenvalue weighted by atomic mass is 9.91. The molecule has 0 bridgehead atoms. The van der Waals surface area contributed by atoms with E-state index in [-0.39, 0.29) is 19.0 Å². The highest BCUT2D eigenvalue weighted by atomic mass is 16.7. The predicted molar refractivity (Wildman–Crippen MR) is 102 cm³/mol. The Kier molecular flexibility index (Phi) is 6.11. The highest BCUT2D eigenvalue weighted by molar-refractivity contribution is 6.00. The lowest BCUT2D eigenvalue weighted by Gasteiger charge is -2.17. The van der Waals surface area contributed by atoms with E-state index in [9.17, 15) is 9.59 Å². The monoisotopic (exact) mass is 402 g/mol. The lowest BCUT2D eigenvalue weighted by molar-refractivity contribution is -0.142. The number of carbonyl (C=O) groups is 2. The van der Waals surface area contributed by atoms with Crippen LogP contribution in [0.2, 0.25) is 0 Å². The molecule has 0 amide bonds. The van der Waals surface area contributed by atoms with Crippen LogP contribution in [-0.2, 0) is 9.53 Å². The quantitative estimate of drug-likeness (QED) is 0.492.